The number of rotatable bonds is 2. The number of hydrogen-bond donors (Lipinski definition) is 2. The van der Waals surface area contributed by atoms with E-state index < -0.39 is 0 Å². The molecule has 146 valence electrons. The second kappa shape index (κ2) is 7.02. The number of pyridine rings is 1. The van der Waals surface area contributed by atoms with E-state index in [4.69, 9.17) is 16.2 Å². The Labute approximate surface area is 174 Å². The zero-order chi connectivity index (χ0) is 20.9. The number of aromatic nitrogens is 1. The van der Waals surface area contributed by atoms with Gasteiger partial charge in [-0.3, -0.25) is 0 Å². The molecule has 0 saturated carbocycles. The van der Waals surface area contributed by atoms with Crippen LogP contribution in [0.1, 0.15) is 44.2 Å². The average Bonchev–Trinajstić information content (AvgIpc) is 2.64. The Hall–Kier alpha value is -3.17. The van der Waals surface area contributed by atoms with Crippen molar-refractivity contribution >= 4 is 23.3 Å². The molecule has 0 bridgehead atoms. The summed E-state index contributed by atoms with van der Waals surface area (Å²) in [5, 5.41) is 9.38. The van der Waals surface area contributed by atoms with Crippen LogP contribution in [0.15, 0.2) is 35.2 Å². The van der Waals surface area contributed by atoms with Gasteiger partial charge in [0, 0.05) is 10.5 Å². The predicted molar refractivity (Wildman–Crippen MR) is 117 cm³/mol. The van der Waals surface area contributed by atoms with Gasteiger partial charge in [0.25, 0.3) is 0 Å². The molecule has 1 atom stereocenters. The zero-order valence-corrected chi connectivity index (χ0v) is 17.6. The highest BCUT2D eigenvalue weighted by Gasteiger charge is 2.34. The highest BCUT2D eigenvalue weighted by molar-refractivity contribution is 7.99. The van der Waals surface area contributed by atoms with E-state index in [1.54, 1.807) is 11.8 Å². The van der Waals surface area contributed by atoms with E-state index >= 15 is 0 Å². The van der Waals surface area contributed by atoms with Crippen LogP contribution in [0.4, 0.5) is 11.5 Å². The quantitative estimate of drug-likeness (QED) is 0.600. The molecule has 1 unspecified atom stereocenters. The SMILES string of the molecule is Cc1cc(C)c(SC2c3cc(C)ccc3Oc3nc(N)c(C#N)c(N)c32)c(C)c1. The van der Waals surface area contributed by atoms with E-state index in [0.717, 1.165) is 16.9 Å². The van der Waals surface area contributed by atoms with Crippen LogP contribution >= 0.6 is 11.8 Å². The number of fused-ring (bicyclic) bond motifs is 2. The van der Waals surface area contributed by atoms with Gasteiger partial charge in [-0.2, -0.15) is 10.2 Å². The lowest BCUT2D eigenvalue weighted by atomic mass is 9.97. The summed E-state index contributed by atoms with van der Waals surface area (Å²) in [5.41, 5.74) is 19.4. The molecular weight excluding hydrogens is 380 g/mol. The van der Waals surface area contributed by atoms with Gasteiger partial charge >= 0.3 is 0 Å². The molecule has 0 saturated heterocycles. The third kappa shape index (κ3) is 3.18. The fraction of sp³-hybridized carbons (Fsp3) is 0.217. The molecule has 2 aromatic carbocycles. The summed E-state index contributed by atoms with van der Waals surface area (Å²) in [6.07, 6.45) is 0. The summed E-state index contributed by atoms with van der Waals surface area (Å²) in [7, 11) is 0. The average molecular weight is 403 g/mol. The Morgan fingerprint density at radius 3 is 2.38 bits per heavy atom. The summed E-state index contributed by atoms with van der Waals surface area (Å²) in [4.78, 5) is 5.55. The van der Waals surface area contributed by atoms with E-state index in [-0.39, 0.29) is 16.6 Å². The molecule has 0 radical (unpaired) electrons. The Kier molecular flexibility index (Phi) is 4.64. The van der Waals surface area contributed by atoms with E-state index in [0.29, 0.717) is 17.1 Å². The van der Waals surface area contributed by atoms with Crippen LogP contribution < -0.4 is 16.2 Å². The molecule has 1 aromatic heterocycles. The minimum absolute atomic E-state index is 0.0887. The summed E-state index contributed by atoms with van der Waals surface area (Å²) >= 11 is 1.71. The van der Waals surface area contributed by atoms with Gasteiger partial charge < -0.3 is 16.2 Å². The first-order valence-corrected chi connectivity index (χ1v) is 10.2. The minimum Gasteiger partial charge on any atom is -0.438 e. The molecule has 0 fully saturated rings. The van der Waals surface area contributed by atoms with Crippen molar-refractivity contribution in [2.24, 2.45) is 0 Å². The van der Waals surface area contributed by atoms with Crippen molar-refractivity contribution in [1.82, 2.24) is 4.98 Å². The van der Waals surface area contributed by atoms with Crippen molar-refractivity contribution < 1.29 is 4.74 Å². The maximum Gasteiger partial charge on any atom is 0.228 e. The number of nitrogen functional groups attached to an aromatic ring is 2. The van der Waals surface area contributed by atoms with E-state index in [9.17, 15) is 5.26 Å². The largest absolute Gasteiger partial charge is 0.438 e. The maximum atomic E-state index is 9.54. The number of benzene rings is 2. The van der Waals surface area contributed by atoms with Crippen molar-refractivity contribution in [1.29, 1.82) is 5.26 Å². The summed E-state index contributed by atoms with van der Waals surface area (Å²) < 4.78 is 6.05. The highest BCUT2D eigenvalue weighted by Crippen LogP contribution is 2.54. The Bertz CT molecular complexity index is 1170. The van der Waals surface area contributed by atoms with Gasteiger partial charge in [-0.1, -0.05) is 35.4 Å². The van der Waals surface area contributed by atoms with Crippen molar-refractivity contribution in [3.63, 3.8) is 0 Å². The van der Waals surface area contributed by atoms with Crippen molar-refractivity contribution in [3.8, 4) is 17.7 Å². The maximum absolute atomic E-state index is 9.54. The van der Waals surface area contributed by atoms with Gasteiger partial charge in [-0.25, -0.2) is 0 Å². The first kappa shape index (κ1) is 19.2. The summed E-state index contributed by atoms with van der Waals surface area (Å²) in [6.45, 7) is 8.38. The summed E-state index contributed by atoms with van der Waals surface area (Å²) in [5.74, 6) is 1.19. The van der Waals surface area contributed by atoms with Gasteiger partial charge in [0.05, 0.1) is 16.5 Å². The van der Waals surface area contributed by atoms with Gasteiger partial charge in [-0.15, -0.1) is 11.8 Å². The Morgan fingerprint density at radius 2 is 1.72 bits per heavy atom. The van der Waals surface area contributed by atoms with Crippen LogP contribution in [0.25, 0.3) is 0 Å². The van der Waals surface area contributed by atoms with E-state index in [2.05, 4.69) is 50.0 Å². The molecule has 0 aliphatic carbocycles. The second-order valence-corrected chi connectivity index (χ2v) is 8.60. The minimum atomic E-state index is -0.158. The molecule has 6 heteroatoms. The molecule has 5 nitrogen and oxygen atoms in total. The van der Waals surface area contributed by atoms with Crippen LogP contribution in [-0.2, 0) is 0 Å². The molecule has 29 heavy (non-hydrogen) atoms. The lowest BCUT2D eigenvalue weighted by molar-refractivity contribution is 0.441. The summed E-state index contributed by atoms with van der Waals surface area (Å²) in [6, 6.07) is 12.5. The molecule has 1 aliphatic rings. The zero-order valence-electron chi connectivity index (χ0n) is 16.8. The normalized spacial score (nSPS) is 14.5. The Balaban J connectivity index is 1.96. The number of thioether (sulfide) groups is 1. The number of hydrogen-bond acceptors (Lipinski definition) is 6. The number of nitriles is 1. The standard InChI is InChI=1S/C23H22N4OS/c1-11-5-6-17-15(9-11)21(29-20-13(3)7-12(2)8-14(20)4)18-19(25)16(10-24)22(26)27-23(18)28-17/h5-9,21H,1-4H3,(H4,25,26,27). The van der Waals surface area contributed by atoms with Gasteiger partial charge in [-0.05, 0) is 44.9 Å². The highest BCUT2D eigenvalue weighted by atomic mass is 32.2. The molecule has 0 amide bonds. The van der Waals surface area contributed by atoms with Gasteiger partial charge in [0.1, 0.15) is 23.2 Å². The van der Waals surface area contributed by atoms with Crippen molar-refractivity contribution in [2.45, 2.75) is 37.8 Å². The van der Waals surface area contributed by atoms with Crippen LogP contribution in [-0.4, -0.2) is 4.98 Å². The first-order chi connectivity index (χ1) is 13.8. The van der Waals surface area contributed by atoms with E-state index in [1.807, 2.05) is 19.1 Å². The monoisotopic (exact) mass is 402 g/mol. The number of nitrogens with two attached hydrogens (primary N) is 2. The number of ether oxygens (including phenoxy) is 1. The number of anilines is 2. The third-order valence-electron chi connectivity index (χ3n) is 5.14. The molecule has 4 rings (SSSR count). The third-order valence-corrected chi connectivity index (χ3v) is 6.74. The van der Waals surface area contributed by atoms with Gasteiger partial charge in [0.2, 0.25) is 5.88 Å². The smallest absolute Gasteiger partial charge is 0.228 e. The van der Waals surface area contributed by atoms with Crippen LogP contribution in [0.3, 0.4) is 0 Å². The molecular formula is C23H22N4OS. The van der Waals surface area contributed by atoms with Crippen molar-refractivity contribution in [3.05, 3.63) is 69.3 Å². The second-order valence-electron chi connectivity index (χ2n) is 7.49. The molecule has 0 spiro atoms. The predicted octanol–water partition coefficient (Wildman–Crippen LogP) is 5.34. The lowest BCUT2D eigenvalue weighted by Crippen LogP contribution is -2.15. The molecule has 1 aliphatic heterocycles. The molecule has 4 N–H and O–H groups in total. The molecule has 3 aromatic rings. The number of nitrogens with zero attached hydrogens (tertiary/aromatic N) is 2. The van der Waals surface area contributed by atoms with Crippen molar-refractivity contribution in [2.75, 3.05) is 11.5 Å². The van der Waals surface area contributed by atoms with Gasteiger partial charge in [0.15, 0.2) is 0 Å². The number of aryl methyl sites for hydroxylation is 4. The molecule has 2 heterocycles. The van der Waals surface area contributed by atoms with Crippen LogP contribution in [0.2, 0.25) is 0 Å². The first-order valence-electron chi connectivity index (χ1n) is 9.32. The fourth-order valence-electron chi connectivity index (χ4n) is 3.88. The van der Waals surface area contributed by atoms with E-state index in [1.165, 1.54) is 21.6 Å². The Morgan fingerprint density at radius 1 is 1.03 bits per heavy atom. The fourth-order valence-corrected chi connectivity index (χ4v) is 5.26. The lowest BCUT2D eigenvalue weighted by Gasteiger charge is -2.30. The topological polar surface area (TPSA) is 98.0 Å². The van der Waals surface area contributed by atoms with Crippen LogP contribution in [0, 0.1) is 39.0 Å². The van der Waals surface area contributed by atoms with Crippen LogP contribution in [0.5, 0.6) is 11.6 Å².